The van der Waals surface area contributed by atoms with E-state index in [0.717, 1.165) is 25.3 Å². The SMILES string of the molecule is O=C(NC1(C(=O)O)CCCCC1)c1cc(F)cc2[nH]cnc12. The topological polar surface area (TPSA) is 95.1 Å². The molecule has 1 heterocycles. The Hall–Kier alpha value is -2.44. The van der Waals surface area contributed by atoms with Crippen molar-refractivity contribution in [2.45, 2.75) is 37.6 Å². The summed E-state index contributed by atoms with van der Waals surface area (Å²) in [6.07, 6.45) is 4.57. The summed E-state index contributed by atoms with van der Waals surface area (Å²) >= 11 is 0. The van der Waals surface area contributed by atoms with E-state index in [4.69, 9.17) is 0 Å². The molecule has 116 valence electrons. The second-order valence-electron chi connectivity index (χ2n) is 5.65. The van der Waals surface area contributed by atoms with Crippen molar-refractivity contribution in [3.8, 4) is 0 Å². The molecule has 1 aromatic heterocycles. The van der Waals surface area contributed by atoms with Crippen LogP contribution >= 0.6 is 0 Å². The number of carboxylic acid groups (broad SMARTS) is 1. The molecule has 6 nitrogen and oxygen atoms in total. The fraction of sp³-hybridized carbons (Fsp3) is 0.400. The number of benzene rings is 1. The van der Waals surface area contributed by atoms with Crippen LogP contribution in [-0.2, 0) is 4.79 Å². The quantitative estimate of drug-likeness (QED) is 0.810. The molecule has 1 aromatic carbocycles. The Morgan fingerprint density at radius 3 is 2.68 bits per heavy atom. The third kappa shape index (κ3) is 2.43. The second-order valence-corrected chi connectivity index (χ2v) is 5.65. The number of aromatic nitrogens is 2. The highest BCUT2D eigenvalue weighted by molar-refractivity contribution is 6.06. The third-order valence-electron chi connectivity index (χ3n) is 4.20. The van der Waals surface area contributed by atoms with Gasteiger partial charge in [-0.2, -0.15) is 0 Å². The third-order valence-corrected chi connectivity index (χ3v) is 4.20. The lowest BCUT2D eigenvalue weighted by Crippen LogP contribution is -2.55. The lowest BCUT2D eigenvalue weighted by Gasteiger charge is -2.34. The zero-order valence-corrected chi connectivity index (χ0v) is 11.9. The highest BCUT2D eigenvalue weighted by atomic mass is 19.1. The van der Waals surface area contributed by atoms with Gasteiger partial charge >= 0.3 is 5.97 Å². The zero-order chi connectivity index (χ0) is 15.7. The van der Waals surface area contributed by atoms with Gasteiger partial charge in [-0.3, -0.25) is 4.79 Å². The van der Waals surface area contributed by atoms with Gasteiger partial charge in [-0.25, -0.2) is 14.2 Å². The van der Waals surface area contributed by atoms with Crippen LogP contribution in [0.1, 0.15) is 42.5 Å². The predicted molar refractivity (Wildman–Crippen MR) is 77.0 cm³/mol. The van der Waals surface area contributed by atoms with Crippen LogP contribution in [0.15, 0.2) is 18.5 Å². The van der Waals surface area contributed by atoms with E-state index in [1.807, 2.05) is 0 Å². The zero-order valence-electron chi connectivity index (χ0n) is 11.9. The number of amides is 1. The Labute approximate surface area is 125 Å². The van der Waals surface area contributed by atoms with Crippen LogP contribution in [0.2, 0.25) is 0 Å². The van der Waals surface area contributed by atoms with Crippen LogP contribution in [0.3, 0.4) is 0 Å². The standard InChI is InChI=1S/C15H16FN3O3/c16-9-6-10(12-11(7-9)17-8-18-12)13(20)19-15(14(21)22)4-2-1-3-5-15/h6-8H,1-5H2,(H,17,18)(H,19,20)(H,21,22). The summed E-state index contributed by atoms with van der Waals surface area (Å²) in [5, 5.41) is 12.1. The summed E-state index contributed by atoms with van der Waals surface area (Å²) < 4.78 is 13.6. The summed E-state index contributed by atoms with van der Waals surface area (Å²) in [5.74, 6) is -2.23. The smallest absolute Gasteiger partial charge is 0.329 e. The Morgan fingerprint density at radius 1 is 1.27 bits per heavy atom. The summed E-state index contributed by atoms with van der Waals surface area (Å²) in [6, 6.07) is 2.32. The van der Waals surface area contributed by atoms with E-state index in [1.165, 1.54) is 12.4 Å². The maximum atomic E-state index is 13.6. The highest BCUT2D eigenvalue weighted by Gasteiger charge is 2.41. The molecule has 0 saturated heterocycles. The van der Waals surface area contributed by atoms with Crippen molar-refractivity contribution in [1.82, 2.24) is 15.3 Å². The van der Waals surface area contributed by atoms with Gasteiger partial charge in [-0.1, -0.05) is 19.3 Å². The first-order chi connectivity index (χ1) is 10.5. The summed E-state index contributed by atoms with van der Waals surface area (Å²) in [6.45, 7) is 0. The molecule has 7 heteroatoms. The van der Waals surface area contributed by atoms with Crippen LogP contribution < -0.4 is 5.32 Å². The molecule has 0 spiro atoms. The molecule has 0 bridgehead atoms. The molecule has 0 atom stereocenters. The number of hydrogen-bond donors (Lipinski definition) is 3. The van der Waals surface area contributed by atoms with E-state index in [0.29, 0.717) is 23.9 Å². The molecule has 1 amide bonds. The largest absolute Gasteiger partial charge is 0.480 e. The van der Waals surface area contributed by atoms with E-state index in [-0.39, 0.29) is 5.56 Å². The van der Waals surface area contributed by atoms with E-state index in [9.17, 15) is 19.1 Å². The lowest BCUT2D eigenvalue weighted by atomic mass is 9.81. The number of imidazole rings is 1. The predicted octanol–water partition coefficient (Wildman–Crippen LogP) is 2.22. The van der Waals surface area contributed by atoms with Crippen molar-refractivity contribution >= 4 is 22.9 Å². The Bertz CT molecular complexity index is 735. The molecule has 0 radical (unpaired) electrons. The van der Waals surface area contributed by atoms with Gasteiger partial charge in [0.2, 0.25) is 0 Å². The number of fused-ring (bicyclic) bond motifs is 1. The molecule has 1 fully saturated rings. The van der Waals surface area contributed by atoms with Gasteiger partial charge in [0.15, 0.2) is 0 Å². The van der Waals surface area contributed by atoms with Gasteiger partial charge in [0.25, 0.3) is 5.91 Å². The van der Waals surface area contributed by atoms with E-state index < -0.39 is 23.2 Å². The minimum Gasteiger partial charge on any atom is -0.480 e. The number of aromatic amines is 1. The van der Waals surface area contributed by atoms with Crippen LogP contribution in [0.4, 0.5) is 4.39 Å². The van der Waals surface area contributed by atoms with E-state index in [1.54, 1.807) is 0 Å². The molecule has 3 N–H and O–H groups in total. The minimum atomic E-state index is -1.27. The Morgan fingerprint density at radius 2 is 2.00 bits per heavy atom. The normalized spacial score (nSPS) is 17.3. The molecule has 1 aliphatic rings. The molecule has 2 aromatic rings. The molecule has 1 aliphatic carbocycles. The number of halogens is 1. The average molecular weight is 305 g/mol. The first-order valence-electron chi connectivity index (χ1n) is 7.20. The molecule has 0 unspecified atom stereocenters. The van der Waals surface area contributed by atoms with Crippen LogP contribution in [-0.4, -0.2) is 32.5 Å². The number of carbonyl (C=O) groups excluding carboxylic acids is 1. The number of carbonyl (C=O) groups is 2. The first kappa shape index (κ1) is 14.5. The summed E-state index contributed by atoms with van der Waals surface area (Å²) in [7, 11) is 0. The number of aliphatic carboxylic acids is 1. The average Bonchev–Trinajstić information content (AvgIpc) is 2.95. The second kappa shape index (κ2) is 5.40. The number of carboxylic acids is 1. The Balaban J connectivity index is 1.95. The van der Waals surface area contributed by atoms with E-state index >= 15 is 0 Å². The van der Waals surface area contributed by atoms with Gasteiger partial charge in [0, 0.05) is 0 Å². The van der Waals surface area contributed by atoms with Gasteiger partial charge in [-0.15, -0.1) is 0 Å². The number of H-pyrrole nitrogens is 1. The molecular formula is C15H16FN3O3. The number of hydrogen-bond acceptors (Lipinski definition) is 3. The summed E-state index contributed by atoms with van der Waals surface area (Å²) in [5.41, 5.74) is -0.500. The van der Waals surface area contributed by atoms with Crippen molar-refractivity contribution in [3.05, 3.63) is 29.8 Å². The number of nitrogens with zero attached hydrogens (tertiary/aromatic N) is 1. The van der Waals surface area contributed by atoms with Crippen molar-refractivity contribution in [1.29, 1.82) is 0 Å². The van der Waals surface area contributed by atoms with Crippen LogP contribution in [0, 0.1) is 5.82 Å². The first-order valence-corrected chi connectivity index (χ1v) is 7.20. The van der Waals surface area contributed by atoms with Gasteiger partial charge in [0.1, 0.15) is 16.9 Å². The van der Waals surface area contributed by atoms with Gasteiger partial charge in [-0.05, 0) is 25.0 Å². The van der Waals surface area contributed by atoms with Crippen LogP contribution in [0.5, 0.6) is 0 Å². The fourth-order valence-electron chi connectivity index (χ4n) is 3.02. The van der Waals surface area contributed by atoms with E-state index in [2.05, 4.69) is 15.3 Å². The Kier molecular flexibility index (Phi) is 3.56. The van der Waals surface area contributed by atoms with Crippen molar-refractivity contribution in [2.75, 3.05) is 0 Å². The molecule has 22 heavy (non-hydrogen) atoms. The van der Waals surface area contributed by atoms with Crippen molar-refractivity contribution in [2.24, 2.45) is 0 Å². The monoisotopic (exact) mass is 305 g/mol. The maximum Gasteiger partial charge on any atom is 0.329 e. The molecule has 0 aliphatic heterocycles. The van der Waals surface area contributed by atoms with Gasteiger partial charge < -0.3 is 15.4 Å². The van der Waals surface area contributed by atoms with Crippen LogP contribution in [0.25, 0.3) is 11.0 Å². The molecule has 3 rings (SSSR count). The van der Waals surface area contributed by atoms with Crippen molar-refractivity contribution in [3.63, 3.8) is 0 Å². The minimum absolute atomic E-state index is 0.0439. The fourth-order valence-corrected chi connectivity index (χ4v) is 3.02. The van der Waals surface area contributed by atoms with Crippen molar-refractivity contribution < 1.29 is 19.1 Å². The maximum absolute atomic E-state index is 13.6. The number of nitrogens with one attached hydrogen (secondary N) is 2. The molecule has 1 saturated carbocycles. The lowest BCUT2D eigenvalue weighted by molar-refractivity contribution is -0.145. The summed E-state index contributed by atoms with van der Waals surface area (Å²) in [4.78, 5) is 30.9. The molecular weight excluding hydrogens is 289 g/mol. The number of rotatable bonds is 3. The highest BCUT2D eigenvalue weighted by Crippen LogP contribution is 2.29. The van der Waals surface area contributed by atoms with Gasteiger partial charge in [0.05, 0.1) is 17.4 Å².